The van der Waals surface area contributed by atoms with Crippen LogP contribution in [0, 0.1) is 13.8 Å². The molecule has 5 heteroatoms. The summed E-state index contributed by atoms with van der Waals surface area (Å²) in [5, 5.41) is 2.25. The van der Waals surface area contributed by atoms with Gasteiger partial charge in [0.25, 0.3) is 6.71 Å². The van der Waals surface area contributed by atoms with Crippen LogP contribution < -0.4 is 31.1 Å². The van der Waals surface area contributed by atoms with E-state index in [1.807, 2.05) is 0 Å². The fraction of sp³-hybridized carbons (Fsp3) is 0.194. The summed E-state index contributed by atoms with van der Waals surface area (Å²) in [4.78, 5) is 7.67. The molecule has 10 aromatic rings. The van der Waals surface area contributed by atoms with E-state index in [4.69, 9.17) is 4.42 Å². The van der Waals surface area contributed by atoms with Crippen molar-refractivity contribution in [3.63, 3.8) is 0 Å². The molecule has 0 N–H and O–H groups in total. The number of rotatable bonds is 6. The molecule has 0 bridgehead atoms. The van der Waals surface area contributed by atoms with Crippen molar-refractivity contribution in [2.75, 3.05) is 14.7 Å². The zero-order valence-corrected chi connectivity index (χ0v) is 42.9. The molecule has 9 aromatic carbocycles. The van der Waals surface area contributed by atoms with E-state index in [9.17, 15) is 0 Å². The Balaban J connectivity index is 1.18. The Labute approximate surface area is 425 Å². The predicted molar refractivity (Wildman–Crippen MR) is 307 cm³/mol. The fourth-order valence-corrected chi connectivity index (χ4v) is 13.1. The van der Waals surface area contributed by atoms with E-state index in [0.29, 0.717) is 0 Å². The average molecular weight is 934 g/mol. The maximum atomic E-state index is 6.69. The van der Waals surface area contributed by atoms with Gasteiger partial charge in [-0.3, -0.25) is 0 Å². The summed E-state index contributed by atoms with van der Waals surface area (Å²) in [6, 6.07) is 70.2. The highest BCUT2D eigenvalue weighted by Gasteiger charge is 2.49. The second-order valence-corrected chi connectivity index (χ2v) is 23.0. The summed E-state index contributed by atoms with van der Waals surface area (Å²) < 4.78 is 6.69. The Morgan fingerprint density at radius 3 is 1.79 bits per heavy atom. The molecule has 0 amide bonds. The molecule has 13 rings (SSSR count). The molecule has 0 radical (unpaired) electrons. The third-order valence-corrected chi connectivity index (χ3v) is 16.1. The minimum atomic E-state index is -0.0964. The van der Waals surface area contributed by atoms with Crippen molar-refractivity contribution >= 4 is 96.2 Å². The number of hydrogen-bond acceptors (Lipinski definition) is 4. The van der Waals surface area contributed by atoms with Crippen LogP contribution in [0.3, 0.4) is 0 Å². The Hall–Kier alpha value is -7.76. The van der Waals surface area contributed by atoms with E-state index in [0.717, 1.165) is 51.1 Å². The molecule has 1 aromatic heterocycles. The Kier molecular flexibility index (Phi) is 9.75. The van der Waals surface area contributed by atoms with E-state index < -0.39 is 0 Å². The zero-order chi connectivity index (χ0) is 49.4. The molecule has 0 unspecified atom stereocenters. The van der Waals surface area contributed by atoms with E-state index in [1.54, 1.807) is 0 Å². The summed E-state index contributed by atoms with van der Waals surface area (Å²) in [7, 11) is 0. The van der Waals surface area contributed by atoms with Gasteiger partial charge in [-0.1, -0.05) is 152 Å². The Morgan fingerprint density at radius 1 is 0.514 bits per heavy atom. The second-order valence-electron chi connectivity index (χ2n) is 23.0. The smallest absolute Gasteiger partial charge is 0.252 e. The number of anilines is 9. The van der Waals surface area contributed by atoms with Crippen LogP contribution in [-0.2, 0) is 16.2 Å². The maximum absolute atomic E-state index is 6.69. The second kappa shape index (κ2) is 15.9. The minimum Gasteiger partial charge on any atom is -0.456 e. The van der Waals surface area contributed by atoms with Crippen molar-refractivity contribution in [3.8, 4) is 11.1 Å². The van der Waals surface area contributed by atoms with Crippen LogP contribution in [-0.4, -0.2) is 6.71 Å². The molecule has 0 spiro atoms. The summed E-state index contributed by atoms with van der Waals surface area (Å²) in [6.07, 6.45) is 1.08. The van der Waals surface area contributed by atoms with Crippen LogP contribution in [0.2, 0.25) is 0 Å². The molecule has 0 atom stereocenters. The lowest BCUT2D eigenvalue weighted by Gasteiger charge is -2.46. The number of hydrogen-bond donors (Lipinski definition) is 0. The van der Waals surface area contributed by atoms with E-state index in [2.05, 4.69) is 265 Å². The van der Waals surface area contributed by atoms with Gasteiger partial charge in [0.1, 0.15) is 11.2 Å². The lowest BCUT2D eigenvalue weighted by atomic mass is 9.33. The summed E-state index contributed by atoms with van der Waals surface area (Å²) in [5.74, 6) is 0. The topological polar surface area (TPSA) is 22.9 Å². The van der Waals surface area contributed by atoms with Crippen molar-refractivity contribution in [2.45, 2.75) is 85.0 Å². The van der Waals surface area contributed by atoms with Crippen LogP contribution in [0.1, 0.15) is 82.7 Å². The molecule has 1 aliphatic carbocycles. The van der Waals surface area contributed by atoms with Gasteiger partial charge in [0.15, 0.2) is 0 Å². The zero-order valence-electron chi connectivity index (χ0n) is 42.9. The van der Waals surface area contributed by atoms with Gasteiger partial charge in [0.2, 0.25) is 0 Å². The first kappa shape index (κ1) is 44.2. The summed E-state index contributed by atoms with van der Waals surface area (Å²) in [5.41, 5.74) is 25.2. The number of para-hydroxylation sites is 3. The molecule has 2 aliphatic heterocycles. The van der Waals surface area contributed by atoms with Crippen LogP contribution in [0.4, 0.5) is 51.2 Å². The molecule has 0 saturated carbocycles. The van der Waals surface area contributed by atoms with Gasteiger partial charge in [-0.25, -0.2) is 0 Å². The minimum absolute atomic E-state index is 0.0170. The van der Waals surface area contributed by atoms with Crippen LogP contribution in [0.15, 0.2) is 192 Å². The SMILES string of the molecule is Cc1cc2c3c(c1)N(c1cccc4oc5ccccc5c14)c1cc4c(cc1B3c1cc(N(c3ccccc3)c3ccccc3)ccc1N2c1c(C)cc(C(C)(C)C)cc1-c1ccccc1)C(C)(C)CC4(C)C. The third-order valence-electron chi connectivity index (χ3n) is 16.1. The molecule has 352 valence electrons. The Morgan fingerprint density at radius 2 is 1.11 bits per heavy atom. The number of fused-ring (bicyclic) bond motifs is 8. The van der Waals surface area contributed by atoms with E-state index in [1.165, 1.54) is 83.8 Å². The molecular formula is C67H60BN3O. The number of benzene rings is 9. The number of aryl methyl sites for hydroxylation is 2. The first-order valence-corrected chi connectivity index (χ1v) is 25.7. The normalized spacial score (nSPS) is 15.1. The number of furan rings is 1. The van der Waals surface area contributed by atoms with Gasteiger partial charge in [0.05, 0.1) is 16.8 Å². The van der Waals surface area contributed by atoms with Crippen molar-refractivity contribution in [1.29, 1.82) is 0 Å². The largest absolute Gasteiger partial charge is 0.456 e. The molecule has 72 heavy (non-hydrogen) atoms. The fourth-order valence-electron chi connectivity index (χ4n) is 13.1. The van der Waals surface area contributed by atoms with Crippen LogP contribution >= 0.6 is 0 Å². The maximum Gasteiger partial charge on any atom is 0.252 e. The van der Waals surface area contributed by atoms with Gasteiger partial charge < -0.3 is 19.1 Å². The van der Waals surface area contributed by atoms with Crippen molar-refractivity contribution < 1.29 is 4.42 Å². The van der Waals surface area contributed by atoms with Crippen molar-refractivity contribution in [3.05, 3.63) is 216 Å². The van der Waals surface area contributed by atoms with Crippen LogP contribution in [0.25, 0.3) is 33.1 Å². The van der Waals surface area contributed by atoms with Gasteiger partial charge in [0, 0.05) is 50.8 Å². The quantitative estimate of drug-likeness (QED) is 0.155. The monoisotopic (exact) mass is 933 g/mol. The van der Waals surface area contributed by atoms with Gasteiger partial charge >= 0.3 is 0 Å². The third kappa shape index (κ3) is 6.73. The highest BCUT2D eigenvalue weighted by molar-refractivity contribution is 7.00. The van der Waals surface area contributed by atoms with Crippen LogP contribution in [0.5, 0.6) is 0 Å². The van der Waals surface area contributed by atoms with E-state index in [-0.39, 0.29) is 23.0 Å². The van der Waals surface area contributed by atoms with E-state index >= 15 is 0 Å². The Bertz CT molecular complexity index is 3770. The van der Waals surface area contributed by atoms with Crippen molar-refractivity contribution in [2.24, 2.45) is 0 Å². The highest BCUT2D eigenvalue weighted by atomic mass is 16.3. The highest BCUT2D eigenvalue weighted by Crippen LogP contribution is 2.55. The molecule has 3 heterocycles. The van der Waals surface area contributed by atoms with Gasteiger partial charge in [-0.05, 0) is 171 Å². The molecule has 3 aliphatic rings. The molecule has 4 nitrogen and oxygen atoms in total. The average Bonchev–Trinajstić information content (AvgIpc) is 3.84. The lowest BCUT2D eigenvalue weighted by Crippen LogP contribution is -2.61. The number of nitrogens with zero attached hydrogens (tertiary/aromatic N) is 3. The standard InChI is InChI=1S/C67H60BN3O/c1-42-34-58-63-59(35-42)71(64-43(2)36-45(65(3,4)5)37-50(64)44-22-13-10-14-23-44)55-33-32-48(69(46-24-15-11-16-25-46)47-26-17-12-18-27-47)38-53(55)68(63)54-39-51-52(67(8,9)41-66(51,6)7)40-57(54)70(58)56-29-21-31-61-62(56)49-28-19-20-30-60(49)72-61/h10-40H,41H2,1-9H3. The molecule has 0 saturated heterocycles. The van der Waals surface area contributed by atoms with Gasteiger partial charge in [-0.15, -0.1) is 0 Å². The first-order valence-electron chi connectivity index (χ1n) is 25.7. The summed E-state index contributed by atoms with van der Waals surface area (Å²) >= 11 is 0. The lowest BCUT2D eigenvalue weighted by molar-refractivity contribution is 0.403. The molecule has 0 fully saturated rings. The first-order chi connectivity index (χ1) is 34.7. The predicted octanol–water partition coefficient (Wildman–Crippen LogP) is 16.7. The molecular weight excluding hydrogens is 874 g/mol. The summed E-state index contributed by atoms with van der Waals surface area (Å²) in [6.45, 7) is 21.3. The van der Waals surface area contributed by atoms with Crippen molar-refractivity contribution in [1.82, 2.24) is 0 Å². The van der Waals surface area contributed by atoms with Gasteiger partial charge in [-0.2, -0.15) is 0 Å².